The maximum Gasteiger partial charge on any atom is 0.315 e. The lowest BCUT2D eigenvalue weighted by Gasteiger charge is -2.20. The van der Waals surface area contributed by atoms with Crippen molar-refractivity contribution in [1.82, 2.24) is 10.6 Å². The molecule has 1 aromatic rings. The minimum absolute atomic E-state index is 0.0576. The molecule has 0 unspecified atom stereocenters. The highest BCUT2D eigenvalue weighted by Gasteiger charge is 2.17. The fraction of sp³-hybridized carbons (Fsp3) is 0.556. The summed E-state index contributed by atoms with van der Waals surface area (Å²) in [6.07, 6.45) is 2.26. The van der Waals surface area contributed by atoms with Crippen molar-refractivity contribution in [3.8, 4) is 0 Å². The molecule has 0 aromatic heterocycles. The van der Waals surface area contributed by atoms with Crippen molar-refractivity contribution >= 4 is 17.6 Å². The van der Waals surface area contributed by atoms with Gasteiger partial charge in [-0.25, -0.2) is 4.79 Å². The number of carbonyl (C=O) groups excluding carboxylic acids is 2. The molecule has 0 saturated carbocycles. The Kier molecular flexibility index (Phi) is 6.61. The standard InChI is InChI=1S/C18H27N3O3/c1-12(2)24-10-4-9-19-18(23)20-13(3)14-5-7-16-15(11-14)6-8-17(22)21-16/h5,7,11-13H,4,6,8-10H2,1-3H3,(H,21,22)(H2,19,20,23)/t13-/m1/s1. The molecule has 24 heavy (non-hydrogen) atoms. The Hall–Kier alpha value is -2.08. The average molecular weight is 333 g/mol. The lowest BCUT2D eigenvalue weighted by molar-refractivity contribution is -0.116. The first kappa shape index (κ1) is 18.3. The first-order chi connectivity index (χ1) is 11.5. The lowest BCUT2D eigenvalue weighted by Crippen LogP contribution is -2.37. The monoisotopic (exact) mass is 333 g/mol. The minimum Gasteiger partial charge on any atom is -0.379 e. The van der Waals surface area contributed by atoms with Crippen molar-refractivity contribution in [2.75, 3.05) is 18.5 Å². The SMILES string of the molecule is CC(C)OCCCNC(=O)N[C@H](C)c1ccc2c(c1)CCC(=O)N2. The zero-order valence-corrected chi connectivity index (χ0v) is 14.6. The summed E-state index contributed by atoms with van der Waals surface area (Å²) >= 11 is 0. The summed E-state index contributed by atoms with van der Waals surface area (Å²) in [5, 5.41) is 8.64. The molecule has 0 radical (unpaired) electrons. The molecule has 2 rings (SSSR count). The van der Waals surface area contributed by atoms with Crippen LogP contribution in [0.25, 0.3) is 0 Å². The van der Waals surface area contributed by atoms with Crippen LogP contribution in [0.4, 0.5) is 10.5 Å². The Morgan fingerprint density at radius 1 is 1.29 bits per heavy atom. The van der Waals surface area contributed by atoms with E-state index >= 15 is 0 Å². The van der Waals surface area contributed by atoms with Gasteiger partial charge in [0.05, 0.1) is 12.1 Å². The van der Waals surface area contributed by atoms with Crippen LogP contribution >= 0.6 is 0 Å². The molecule has 1 aliphatic rings. The zero-order chi connectivity index (χ0) is 17.5. The molecule has 3 amide bonds. The first-order valence-electron chi connectivity index (χ1n) is 8.54. The van der Waals surface area contributed by atoms with Crippen molar-refractivity contribution in [1.29, 1.82) is 0 Å². The summed E-state index contributed by atoms with van der Waals surface area (Å²) in [6, 6.07) is 5.61. The number of carbonyl (C=O) groups is 2. The fourth-order valence-electron chi connectivity index (χ4n) is 2.60. The molecular formula is C18H27N3O3. The molecule has 0 bridgehead atoms. The Morgan fingerprint density at radius 2 is 2.08 bits per heavy atom. The Balaban J connectivity index is 1.78. The van der Waals surface area contributed by atoms with E-state index in [0.717, 1.165) is 29.7 Å². The number of nitrogens with one attached hydrogen (secondary N) is 3. The van der Waals surface area contributed by atoms with E-state index in [-0.39, 0.29) is 24.1 Å². The highest BCUT2D eigenvalue weighted by Crippen LogP contribution is 2.26. The van der Waals surface area contributed by atoms with Crippen LogP contribution in [0.2, 0.25) is 0 Å². The zero-order valence-electron chi connectivity index (χ0n) is 14.6. The number of rotatable bonds is 7. The molecular weight excluding hydrogens is 306 g/mol. The number of anilines is 1. The van der Waals surface area contributed by atoms with Gasteiger partial charge in [-0.2, -0.15) is 0 Å². The molecule has 1 atom stereocenters. The number of benzene rings is 1. The average Bonchev–Trinajstić information content (AvgIpc) is 2.53. The van der Waals surface area contributed by atoms with Crippen molar-refractivity contribution in [2.24, 2.45) is 0 Å². The minimum atomic E-state index is -0.182. The number of hydrogen-bond acceptors (Lipinski definition) is 3. The van der Waals surface area contributed by atoms with Gasteiger partial charge in [-0.1, -0.05) is 12.1 Å². The molecule has 0 aliphatic carbocycles. The Morgan fingerprint density at radius 3 is 2.83 bits per heavy atom. The molecule has 3 N–H and O–H groups in total. The van der Waals surface area contributed by atoms with E-state index in [4.69, 9.17) is 4.74 Å². The van der Waals surface area contributed by atoms with E-state index in [1.807, 2.05) is 32.9 Å². The van der Waals surface area contributed by atoms with Gasteiger partial charge in [-0.05, 0) is 50.8 Å². The Labute approximate surface area is 143 Å². The van der Waals surface area contributed by atoms with Crippen LogP contribution in [-0.4, -0.2) is 31.2 Å². The highest BCUT2D eigenvalue weighted by atomic mass is 16.5. The summed E-state index contributed by atoms with van der Waals surface area (Å²) in [6.45, 7) is 7.16. The molecule has 132 valence electrons. The smallest absolute Gasteiger partial charge is 0.315 e. The van der Waals surface area contributed by atoms with Crippen LogP contribution in [0.1, 0.15) is 50.8 Å². The predicted octanol–water partition coefficient (Wildman–Crippen LogP) is 2.75. The van der Waals surface area contributed by atoms with Gasteiger partial charge in [0.15, 0.2) is 0 Å². The van der Waals surface area contributed by atoms with Crippen molar-refractivity contribution in [3.05, 3.63) is 29.3 Å². The van der Waals surface area contributed by atoms with Crippen molar-refractivity contribution in [2.45, 2.75) is 52.2 Å². The maximum atomic E-state index is 11.9. The Bertz CT molecular complexity index is 587. The number of hydrogen-bond donors (Lipinski definition) is 3. The summed E-state index contributed by atoms with van der Waals surface area (Å²) in [7, 11) is 0. The molecule has 1 aliphatic heterocycles. The third kappa shape index (κ3) is 5.53. The van der Waals surface area contributed by atoms with Crippen LogP contribution in [0, 0.1) is 0 Å². The number of ether oxygens (including phenoxy) is 1. The normalized spacial score (nSPS) is 14.8. The van der Waals surface area contributed by atoms with E-state index < -0.39 is 0 Å². The summed E-state index contributed by atoms with van der Waals surface area (Å²) in [5.74, 6) is 0.0576. The quantitative estimate of drug-likeness (QED) is 0.671. The molecule has 1 heterocycles. The molecule has 0 spiro atoms. The third-order valence-electron chi connectivity index (χ3n) is 3.93. The van der Waals surface area contributed by atoms with Gasteiger partial charge in [-0.3, -0.25) is 4.79 Å². The topological polar surface area (TPSA) is 79.5 Å². The van der Waals surface area contributed by atoms with Gasteiger partial charge in [0.25, 0.3) is 0 Å². The van der Waals surface area contributed by atoms with E-state index in [0.29, 0.717) is 19.6 Å². The van der Waals surface area contributed by atoms with Crippen molar-refractivity contribution < 1.29 is 14.3 Å². The number of aryl methyl sites for hydroxylation is 1. The fourth-order valence-corrected chi connectivity index (χ4v) is 2.60. The summed E-state index contributed by atoms with van der Waals surface area (Å²) in [5.41, 5.74) is 3.02. The largest absolute Gasteiger partial charge is 0.379 e. The number of fused-ring (bicyclic) bond motifs is 1. The third-order valence-corrected chi connectivity index (χ3v) is 3.93. The van der Waals surface area contributed by atoms with Gasteiger partial charge in [0.2, 0.25) is 5.91 Å². The van der Waals surface area contributed by atoms with E-state index in [1.54, 1.807) is 0 Å². The molecule has 1 aromatic carbocycles. The van der Waals surface area contributed by atoms with Gasteiger partial charge in [0.1, 0.15) is 0 Å². The second-order valence-corrected chi connectivity index (χ2v) is 6.36. The van der Waals surface area contributed by atoms with Crippen LogP contribution in [0.15, 0.2) is 18.2 Å². The molecule has 6 nitrogen and oxygen atoms in total. The summed E-state index contributed by atoms with van der Waals surface area (Å²) in [4.78, 5) is 23.3. The van der Waals surface area contributed by atoms with Gasteiger partial charge < -0.3 is 20.7 Å². The van der Waals surface area contributed by atoms with Crippen LogP contribution in [0.3, 0.4) is 0 Å². The van der Waals surface area contributed by atoms with E-state index in [1.165, 1.54) is 0 Å². The van der Waals surface area contributed by atoms with E-state index in [9.17, 15) is 9.59 Å². The van der Waals surface area contributed by atoms with Crippen molar-refractivity contribution in [3.63, 3.8) is 0 Å². The molecule has 0 saturated heterocycles. The van der Waals surface area contributed by atoms with Gasteiger partial charge >= 0.3 is 6.03 Å². The second-order valence-electron chi connectivity index (χ2n) is 6.36. The number of amides is 3. The van der Waals surface area contributed by atoms with Gasteiger partial charge in [0, 0.05) is 25.3 Å². The van der Waals surface area contributed by atoms with Crippen LogP contribution < -0.4 is 16.0 Å². The lowest BCUT2D eigenvalue weighted by atomic mass is 9.98. The highest BCUT2D eigenvalue weighted by molar-refractivity contribution is 5.93. The summed E-state index contributed by atoms with van der Waals surface area (Å²) < 4.78 is 5.43. The molecule has 0 fully saturated rings. The van der Waals surface area contributed by atoms with E-state index in [2.05, 4.69) is 22.0 Å². The van der Waals surface area contributed by atoms with Gasteiger partial charge in [-0.15, -0.1) is 0 Å². The van der Waals surface area contributed by atoms with Crippen LogP contribution in [0.5, 0.6) is 0 Å². The first-order valence-corrected chi connectivity index (χ1v) is 8.54. The van der Waals surface area contributed by atoms with Crippen LogP contribution in [-0.2, 0) is 16.0 Å². The predicted molar refractivity (Wildman–Crippen MR) is 94.0 cm³/mol. The number of urea groups is 1. The second kappa shape index (κ2) is 8.68. The maximum absolute atomic E-state index is 11.9. The molecule has 6 heteroatoms.